The molecule has 0 aliphatic heterocycles. The molecule has 1 aromatic heterocycles. The third-order valence-electron chi connectivity index (χ3n) is 3.14. The van der Waals surface area contributed by atoms with Crippen LogP contribution in [0.5, 0.6) is 0 Å². The molecular formula is C11H16N2O2S. The molecule has 1 saturated carbocycles. The smallest absolute Gasteiger partial charge is 0.254 e. The molecule has 0 aromatic carbocycles. The summed E-state index contributed by atoms with van der Waals surface area (Å²) in [5, 5.41) is 14.3. The third kappa shape index (κ3) is 2.41. The fourth-order valence-corrected chi connectivity index (χ4v) is 2.78. The van der Waals surface area contributed by atoms with E-state index in [1.807, 2.05) is 6.92 Å². The summed E-state index contributed by atoms with van der Waals surface area (Å²) in [6.45, 7) is 2.39. The second-order valence-corrected chi connectivity index (χ2v) is 4.91. The van der Waals surface area contributed by atoms with Gasteiger partial charge in [-0.15, -0.1) is 0 Å². The lowest BCUT2D eigenvalue weighted by atomic mass is 10.1. The highest BCUT2D eigenvalue weighted by molar-refractivity contribution is 7.03. The van der Waals surface area contributed by atoms with Crippen LogP contribution < -0.4 is 5.32 Å². The first-order valence-electron chi connectivity index (χ1n) is 5.55. The van der Waals surface area contributed by atoms with Gasteiger partial charge >= 0.3 is 0 Å². The Morgan fingerprint density at radius 1 is 1.69 bits per heavy atom. The molecule has 1 aromatic rings. The number of aliphatic hydroxyl groups excluding tert-OH is 1. The lowest BCUT2D eigenvalue weighted by Gasteiger charge is -2.14. The number of aryl methyl sites for hydroxylation is 1. The highest BCUT2D eigenvalue weighted by Gasteiger charge is 2.25. The van der Waals surface area contributed by atoms with E-state index in [9.17, 15) is 9.90 Å². The number of nitrogens with one attached hydrogen (secondary N) is 1. The van der Waals surface area contributed by atoms with Crippen molar-refractivity contribution in [2.24, 2.45) is 5.92 Å². The summed E-state index contributed by atoms with van der Waals surface area (Å²) in [6.07, 6.45) is 2.67. The first kappa shape index (κ1) is 11.5. The number of aliphatic hydroxyl groups is 1. The van der Waals surface area contributed by atoms with Crippen molar-refractivity contribution in [3.8, 4) is 0 Å². The second kappa shape index (κ2) is 4.93. The van der Waals surface area contributed by atoms with Gasteiger partial charge in [0.25, 0.3) is 5.91 Å². The molecule has 1 fully saturated rings. The summed E-state index contributed by atoms with van der Waals surface area (Å²) < 4.78 is 4.06. The van der Waals surface area contributed by atoms with Gasteiger partial charge in [0.2, 0.25) is 0 Å². The van der Waals surface area contributed by atoms with Crippen molar-refractivity contribution in [3.05, 3.63) is 16.6 Å². The van der Waals surface area contributed by atoms with Gasteiger partial charge in [-0.05, 0) is 31.3 Å². The van der Waals surface area contributed by atoms with Gasteiger partial charge in [0.05, 0.1) is 17.4 Å². The van der Waals surface area contributed by atoms with Gasteiger partial charge < -0.3 is 10.4 Å². The number of carbonyl (C=O) groups excluding carboxylic acids is 1. The van der Waals surface area contributed by atoms with E-state index in [4.69, 9.17) is 0 Å². The van der Waals surface area contributed by atoms with Crippen molar-refractivity contribution in [2.45, 2.75) is 32.3 Å². The van der Waals surface area contributed by atoms with E-state index >= 15 is 0 Å². The first-order chi connectivity index (χ1) is 7.68. The number of amides is 1. The fraction of sp³-hybridized carbons (Fsp3) is 0.636. The van der Waals surface area contributed by atoms with Crippen LogP contribution in [0.15, 0.2) is 5.38 Å². The van der Waals surface area contributed by atoms with Crippen LogP contribution in [0.25, 0.3) is 0 Å². The monoisotopic (exact) mass is 240 g/mol. The Morgan fingerprint density at radius 3 is 3.06 bits per heavy atom. The molecule has 0 saturated heterocycles. The van der Waals surface area contributed by atoms with Crippen LogP contribution in [0.4, 0.5) is 0 Å². The maximum absolute atomic E-state index is 11.8. The molecule has 0 radical (unpaired) electrons. The lowest BCUT2D eigenvalue weighted by molar-refractivity contribution is 0.0916. The lowest BCUT2D eigenvalue weighted by Crippen LogP contribution is -2.32. The molecule has 1 heterocycles. The average molecular weight is 240 g/mol. The Balaban J connectivity index is 1.86. The predicted octanol–water partition coefficient (Wildman–Crippen LogP) is 1.34. The summed E-state index contributed by atoms with van der Waals surface area (Å²) in [6, 6.07) is 0. The molecule has 1 amide bonds. The average Bonchev–Trinajstić information content (AvgIpc) is 2.84. The van der Waals surface area contributed by atoms with Gasteiger partial charge in [-0.1, -0.05) is 6.42 Å². The Labute approximate surface area is 98.9 Å². The fourth-order valence-electron chi connectivity index (χ4n) is 2.08. The maximum Gasteiger partial charge on any atom is 0.254 e. The number of rotatable bonds is 3. The first-order valence-corrected chi connectivity index (χ1v) is 6.39. The minimum absolute atomic E-state index is 0.0784. The molecule has 2 rings (SSSR count). The van der Waals surface area contributed by atoms with Crippen molar-refractivity contribution < 1.29 is 9.90 Å². The zero-order valence-corrected chi connectivity index (χ0v) is 10.1. The topological polar surface area (TPSA) is 62.2 Å². The van der Waals surface area contributed by atoms with Crippen molar-refractivity contribution in [2.75, 3.05) is 6.54 Å². The van der Waals surface area contributed by atoms with Crippen molar-refractivity contribution in [3.63, 3.8) is 0 Å². The number of aromatic nitrogens is 1. The molecule has 1 aliphatic rings. The van der Waals surface area contributed by atoms with Crippen LogP contribution >= 0.6 is 11.5 Å². The summed E-state index contributed by atoms with van der Waals surface area (Å²) in [7, 11) is 0. The van der Waals surface area contributed by atoms with E-state index in [1.54, 1.807) is 5.38 Å². The van der Waals surface area contributed by atoms with Crippen LogP contribution in [-0.2, 0) is 0 Å². The van der Waals surface area contributed by atoms with E-state index < -0.39 is 0 Å². The summed E-state index contributed by atoms with van der Waals surface area (Å²) in [5.41, 5.74) is 1.42. The van der Waals surface area contributed by atoms with Crippen LogP contribution in [0, 0.1) is 12.8 Å². The summed E-state index contributed by atoms with van der Waals surface area (Å²) in [4.78, 5) is 11.8. The molecule has 16 heavy (non-hydrogen) atoms. The van der Waals surface area contributed by atoms with Crippen molar-refractivity contribution in [1.82, 2.24) is 9.69 Å². The standard InChI is InChI=1S/C11H16N2O2S/c1-7-9(6-16-13-7)11(15)12-5-8-3-2-4-10(8)14/h6,8,10,14H,2-5H2,1H3,(H,12,15). The zero-order valence-electron chi connectivity index (χ0n) is 9.27. The molecular weight excluding hydrogens is 224 g/mol. The second-order valence-electron chi connectivity index (χ2n) is 4.28. The molecule has 88 valence electrons. The van der Waals surface area contributed by atoms with E-state index in [0.29, 0.717) is 12.1 Å². The minimum atomic E-state index is -0.248. The van der Waals surface area contributed by atoms with E-state index in [0.717, 1.165) is 25.0 Å². The highest BCUT2D eigenvalue weighted by atomic mass is 32.1. The van der Waals surface area contributed by atoms with Gasteiger partial charge in [-0.2, -0.15) is 4.37 Å². The maximum atomic E-state index is 11.8. The van der Waals surface area contributed by atoms with Crippen LogP contribution in [-0.4, -0.2) is 28.0 Å². The quantitative estimate of drug-likeness (QED) is 0.838. The molecule has 4 nitrogen and oxygen atoms in total. The third-order valence-corrected chi connectivity index (χ3v) is 3.86. The molecule has 0 bridgehead atoms. The Hall–Kier alpha value is -0.940. The van der Waals surface area contributed by atoms with Gasteiger partial charge in [-0.3, -0.25) is 4.79 Å². The van der Waals surface area contributed by atoms with Crippen molar-refractivity contribution in [1.29, 1.82) is 0 Å². The molecule has 0 spiro atoms. The number of hydrogen-bond acceptors (Lipinski definition) is 4. The predicted molar refractivity (Wildman–Crippen MR) is 62.5 cm³/mol. The Morgan fingerprint density at radius 2 is 2.50 bits per heavy atom. The molecule has 2 unspecified atom stereocenters. The molecule has 5 heteroatoms. The van der Waals surface area contributed by atoms with Gasteiger partial charge in [0.15, 0.2) is 0 Å². The number of hydrogen-bond donors (Lipinski definition) is 2. The summed E-state index contributed by atoms with van der Waals surface area (Å²) in [5.74, 6) is 0.140. The minimum Gasteiger partial charge on any atom is -0.393 e. The Kier molecular flexibility index (Phi) is 3.56. The highest BCUT2D eigenvalue weighted by Crippen LogP contribution is 2.24. The van der Waals surface area contributed by atoms with E-state index in [-0.39, 0.29) is 17.9 Å². The van der Waals surface area contributed by atoms with E-state index in [1.165, 1.54) is 11.5 Å². The van der Waals surface area contributed by atoms with Crippen LogP contribution in [0.3, 0.4) is 0 Å². The normalized spacial score (nSPS) is 24.6. The van der Waals surface area contributed by atoms with Crippen LogP contribution in [0.1, 0.15) is 35.3 Å². The SMILES string of the molecule is Cc1nscc1C(=O)NCC1CCCC1O. The Bertz CT molecular complexity index is 378. The van der Waals surface area contributed by atoms with Gasteiger partial charge in [-0.25, -0.2) is 0 Å². The number of carbonyl (C=O) groups is 1. The van der Waals surface area contributed by atoms with E-state index in [2.05, 4.69) is 9.69 Å². The van der Waals surface area contributed by atoms with Gasteiger partial charge in [0, 0.05) is 17.8 Å². The van der Waals surface area contributed by atoms with Gasteiger partial charge in [0.1, 0.15) is 0 Å². The molecule has 1 aliphatic carbocycles. The molecule has 2 atom stereocenters. The largest absolute Gasteiger partial charge is 0.393 e. The van der Waals surface area contributed by atoms with Crippen LogP contribution in [0.2, 0.25) is 0 Å². The zero-order chi connectivity index (χ0) is 11.5. The molecule has 2 N–H and O–H groups in total. The number of nitrogens with zero attached hydrogens (tertiary/aromatic N) is 1. The summed E-state index contributed by atoms with van der Waals surface area (Å²) >= 11 is 1.29. The van der Waals surface area contributed by atoms with Crippen molar-refractivity contribution >= 4 is 17.4 Å².